The van der Waals surface area contributed by atoms with E-state index < -0.39 is 0 Å². The standard InChI is InChI=1S/C7H13Cl2N/c1-4-5(2)7(8)6(3)10-9/h4,6-7,10H,1-3H3. The highest BCUT2D eigenvalue weighted by Crippen LogP contribution is 2.13. The molecule has 0 aromatic heterocycles. The van der Waals surface area contributed by atoms with Crippen LogP contribution in [0.2, 0.25) is 0 Å². The first-order chi connectivity index (χ1) is 4.63. The molecule has 0 aliphatic rings. The molecule has 0 fully saturated rings. The Kier molecular flexibility index (Phi) is 5.14. The van der Waals surface area contributed by atoms with E-state index in [1.165, 1.54) is 0 Å². The smallest absolute Gasteiger partial charge is 0.0705 e. The second kappa shape index (κ2) is 5.00. The zero-order valence-electron chi connectivity index (χ0n) is 6.49. The Balaban J connectivity index is 3.94. The largest absolute Gasteiger partial charge is 0.229 e. The third-order valence-corrected chi connectivity index (χ3v) is 2.57. The van der Waals surface area contributed by atoms with E-state index in [1.54, 1.807) is 0 Å². The van der Waals surface area contributed by atoms with Gasteiger partial charge in [0.05, 0.1) is 5.38 Å². The molecule has 2 atom stereocenters. The predicted molar refractivity (Wildman–Crippen MR) is 47.5 cm³/mol. The summed E-state index contributed by atoms with van der Waals surface area (Å²) >= 11 is 11.4. The highest BCUT2D eigenvalue weighted by Gasteiger charge is 2.13. The van der Waals surface area contributed by atoms with Crippen LogP contribution in [-0.4, -0.2) is 11.4 Å². The fourth-order valence-corrected chi connectivity index (χ4v) is 0.988. The molecule has 0 aliphatic carbocycles. The van der Waals surface area contributed by atoms with Crippen molar-refractivity contribution in [2.45, 2.75) is 32.2 Å². The summed E-state index contributed by atoms with van der Waals surface area (Å²) in [6.07, 6.45) is 1.99. The van der Waals surface area contributed by atoms with E-state index in [9.17, 15) is 0 Å². The molecular weight excluding hydrogens is 169 g/mol. The molecule has 0 spiro atoms. The first kappa shape index (κ1) is 10.3. The SMILES string of the molecule is CC=C(C)C(Cl)C(C)NCl. The molecule has 0 aliphatic heterocycles. The number of rotatable bonds is 3. The molecule has 0 amide bonds. The molecule has 0 bridgehead atoms. The minimum Gasteiger partial charge on any atom is -0.229 e. The van der Waals surface area contributed by atoms with Gasteiger partial charge in [0.1, 0.15) is 0 Å². The van der Waals surface area contributed by atoms with Crippen molar-refractivity contribution in [2.75, 3.05) is 0 Å². The number of allylic oxidation sites excluding steroid dienone is 1. The molecule has 0 saturated heterocycles. The van der Waals surface area contributed by atoms with Gasteiger partial charge in [-0.25, -0.2) is 4.84 Å². The van der Waals surface area contributed by atoms with Gasteiger partial charge in [-0.15, -0.1) is 11.6 Å². The normalized spacial score (nSPS) is 18.7. The van der Waals surface area contributed by atoms with Gasteiger partial charge in [-0.1, -0.05) is 11.6 Å². The van der Waals surface area contributed by atoms with Gasteiger partial charge < -0.3 is 0 Å². The third-order valence-electron chi connectivity index (χ3n) is 1.50. The van der Waals surface area contributed by atoms with Crippen molar-refractivity contribution in [3.05, 3.63) is 11.6 Å². The number of alkyl halides is 1. The molecule has 3 heteroatoms. The van der Waals surface area contributed by atoms with Gasteiger partial charge in [0.15, 0.2) is 0 Å². The summed E-state index contributed by atoms with van der Waals surface area (Å²) in [4.78, 5) is 2.58. The van der Waals surface area contributed by atoms with Gasteiger partial charge in [-0.2, -0.15) is 0 Å². The average Bonchev–Trinajstić information content (AvgIpc) is 2.00. The number of hydrogen-bond donors (Lipinski definition) is 1. The van der Waals surface area contributed by atoms with Crippen molar-refractivity contribution < 1.29 is 0 Å². The highest BCUT2D eigenvalue weighted by atomic mass is 35.5. The van der Waals surface area contributed by atoms with Gasteiger partial charge >= 0.3 is 0 Å². The van der Waals surface area contributed by atoms with Gasteiger partial charge in [0, 0.05) is 6.04 Å². The monoisotopic (exact) mass is 181 g/mol. The van der Waals surface area contributed by atoms with Crippen LogP contribution in [0.25, 0.3) is 0 Å². The number of hydrogen-bond acceptors (Lipinski definition) is 1. The molecule has 1 nitrogen and oxygen atoms in total. The van der Waals surface area contributed by atoms with Crippen LogP contribution in [0.1, 0.15) is 20.8 Å². The van der Waals surface area contributed by atoms with Crippen LogP contribution in [0.5, 0.6) is 0 Å². The van der Waals surface area contributed by atoms with Crippen molar-refractivity contribution in [1.82, 2.24) is 4.84 Å². The Bertz CT molecular complexity index is 123. The lowest BCUT2D eigenvalue weighted by Gasteiger charge is -2.15. The molecule has 0 radical (unpaired) electrons. The van der Waals surface area contributed by atoms with Crippen molar-refractivity contribution in [1.29, 1.82) is 0 Å². The quantitative estimate of drug-likeness (QED) is 0.402. The van der Waals surface area contributed by atoms with E-state index in [-0.39, 0.29) is 11.4 Å². The Morgan fingerprint density at radius 3 is 2.40 bits per heavy atom. The van der Waals surface area contributed by atoms with E-state index in [0.717, 1.165) is 5.57 Å². The lowest BCUT2D eigenvalue weighted by Crippen LogP contribution is -2.28. The van der Waals surface area contributed by atoms with E-state index in [1.807, 2.05) is 26.8 Å². The Labute approximate surface area is 72.5 Å². The van der Waals surface area contributed by atoms with Crippen LogP contribution in [0, 0.1) is 0 Å². The van der Waals surface area contributed by atoms with Gasteiger partial charge in [0.2, 0.25) is 0 Å². The molecule has 0 rings (SSSR count). The molecule has 60 valence electrons. The maximum atomic E-state index is 5.97. The maximum absolute atomic E-state index is 5.97. The van der Waals surface area contributed by atoms with Crippen LogP contribution in [0.4, 0.5) is 0 Å². The third kappa shape index (κ3) is 2.91. The molecule has 0 heterocycles. The van der Waals surface area contributed by atoms with Crippen LogP contribution in [0.3, 0.4) is 0 Å². The molecule has 0 aromatic rings. The minimum absolute atomic E-state index is 0.0116. The van der Waals surface area contributed by atoms with E-state index in [4.69, 9.17) is 23.4 Å². The lowest BCUT2D eigenvalue weighted by atomic mass is 10.1. The fraction of sp³-hybridized carbons (Fsp3) is 0.714. The summed E-state index contributed by atoms with van der Waals surface area (Å²) in [5, 5.41) is -0.0116. The molecule has 2 unspecified atom stereocenters. The summed E-state index contributed by atoms with van der Waals surface area (Å²) in [5.41, 5.74) is 1.14. The van der Waals surface area contributed by atoms with E-state index >= 15 is 0 Å². The second-order valence-electron chi connectivity index (χ2n) is 2.33. The van der Waals surface area contributed by atoms with Crippen molar-refractivity contribution in [3.63, 3.8) is 0 Å². The minimum atomic E-state index is -0.0116. The summed E-state index contributed by atoms with van der Waals surface area (Å²) < 4.78 is 0. The topological polar surface area (TPSA) is 12.0 Å². The van der Waals surface area contributed by atoms with Crippen molar-refractivity contribution >= 4 is 23.4 Å². The highest BCUT2D eigenvalue weighted by molar-refractivity contribution is 6.23. The molecule has 0 saturated carbocycles. The maximum Gasteiger partial charge on any atom is 0.0705 e. The Morgan fingerprint density at radius 1 is 1.60 bits per heavy atom. The average molecular weight is 182 g/mol. The van der Waals surface area contributed by atoms with Gasteiger partial charge in [0.25, 0.3) is 0 Å². The summed E-state index contributed by atoms with van der Waals surface area (Å²) in [7, 11) is 0. The van der Waals surface area contributed by atoms with Crippen LogP contribution < -0.4 is 4.84 Å². The lowest BCUT2D eigenvalue weighted by molar-refractivity contribution is 0.683. The molecular formula is C7H13Cl2N. The van der Waals surface area contributed by atoms with E-state index in [0.29, 0.717) is 0 Å². The molecule has 0 aromatic carbocycles. The Hall–Kier alpha value is 0.280. The second-order valence-corrected chi connectivity index (χ2v) is 3.02. The van der Waals surface area contributed by atoms with Crippen LogP contribution in [0.15, 0.2) is 11.6 Å². The number of nitrogens with one attached hydrogen (secondary N) is 1. The van der Waals surface area contributed by atoms with Gasteiger partial charge in [-0.3, -0.25) is 0 Å². The molecule has 10 heavy (non-hydrogen) atoms. The van der Waals surface area contributed by atoms with E-state index in [2.05, 4.69) is 4.84 Å². The summed E-state index contributed by atoms with van der Waals surface area (Å²) in [6, 6.07) is 0.111. The number of halogens is 2. The summed E-state index contributed by atoms with van der Waals surface area (Å²) in [5.74, 6) is 0. The molecule has 1 N–H and O–H groups in total. The van der Waals surface area contributed by atoms with Crippen LogP contribution >= 0.6 is 23.4 Å². The fourth-order valence-electron chi connectivity index (χ4n) is 0.609. The first-order valence-electron chi connectivity index (χ1n) is 3.26. The zero-order chi connectivity index (χ0) is 8.15. The van der Waals surface area contributed by atoms with Crippen LogP contribution in [-0.2, 0) is 0 Å². The zero-order valence-corrected chi connectivity index (χ0v) is 8.00. The Morgan fingerprint density at radius 2 is 2.10 bits per heavy atom. The van der Waals surface area contributed by atoms with Gasteiger partial charge in [-0.05, 0) is 32.5 Å². The first-order valence-corrected chi connectivity index (χ1v) is 4.08. The van der Waals surface area contributed by atoms with Crippen molar-refractivity contribution in [2.24, 2.45) is 0 Å². The predicted octanol–water partition coefficient (Wildman–Crippen LogP) is 2.69. The summed E-state index contributed by atoms with van der Waals surface area (Å²) in [6.45, 7) is 5.89. The van der Waals surface area contributed by atoms with Crippen molar-refractivity contribution in [3.8, 4) is 0 Å².